The summed E-state index contributed by atoms with van der Waals surface area (Å²) in [6.07, 6.45) is 1.45. The molecule has 0 fully saturated rings. The minimum Gasteiger partial charge on any atom is -0.388 e. The predicted octanol–water partition coefficient (Wildman–Crippen LogP) is 2.26. The molecule has 6 heteroatoms. The molecule has 18 heavy (non-hydrogen) atoms. The highest BCUT2D eigenvalue weighted by Crippen LogP contribution is 2.27. The molecule has 2 N–H and O–H groups in total. The second-order valence-electron chi connectivity index (χ2n) is 5.42. The summed E-state index contributed by atoms with van der Waals surface area (Å²) in [5.41, 5.74) is -1.14. The van der Waals surface area contributed by atoms with Crippen molar-refractivity contribution in [2.24, 2.45) is 0 Å². The van der Waals surface area contributed by atoms with E-state index in [9.17, 15) is 15.2 Å². The van der Waals surface area contributed by atoms with Crippen LogP contribution in [0.2, 0.25) is 0 Å². The Kier molecular flexibility index (Phi) is 3.62. The highest BCUT2D eigenvalue weighted by molar-refractivity contribution is 5.50. The molecule has 0 saturated heterocycles. The second kappa shape index (κ2) is 4.53. The number of anilines is 1. The van der Waals surface area contributed by atoms with Crippen LogP contribution in [0, 0.1) is 17.0 Å². The van der Waals surface area contributed by atoms with Gasteiger partial charge in [0.05, 0.1) is 22.1 Å². The van der Waals surface area contributed by atoms with Crippen molar-refractivity contribution in [2.45, 2.75) is 45.8 Å². The van der Waals surface area contributed by atoms with E-state index in [4.69, 9.17) is 0 Å². The Bertz CT molecular complexity index is 464. The molecular weight excluding hydrogens is 234 g/mol. The molecule has 0 atom stereocenters. The van der Waals surface area contributed by atoms with Crippen molar-refractivity contribution in [3.05, 3.63) is 27.9 Å². The molecule has 100 valence electrons. The average Bonchev–Trinajstić information content (AvgIpc) is 2.18. The molecule has 0 bridgehead atoms. The Labute approximate surface area is 106 Å². The third kappa shape index (κ3) is 2.95. The SMILES string of the molecule is Cc1cnc(NC(C)(C)C(C)(C)O)cc1[N+](=O)[O-]. The molecule has 0 saturated carbocycles. The van der Waals surface area contributed by atoms with Crippen LogP contribution in [0.3, 0.4) is 0 Å². The fourth-order valence-electron chi connectivity index (χ4n) is 1.25. The lowest BCUT2D eigenvalue weighted by Crippen LogP contribution is -2.51. The van der Waals surface area contributed by atoms with Gasteiger partial charge in [0.25, 0.3) is 5.69 Å². The number of pyridine rings is 1. The van der Waals surface area contributed by atoms with Crippen molar-refractivity contribution in [2.75, 3.05) is 5.32 Å². The van der Waals surface area contributed by atoms with Gasteiger partial charge in [-0.25, -0.2) is 4.98 Å². The smallest absolute Gasteiger partial charge is 0.277 e. The summed E-state index contributed by atoms with van der Waals surface area (Å²) in [5.74, 6) is 0.374. The molecule has 0 aromatic carbocycles. The number of nitro groups is 1. The molecular formula is C12H19N3O3. The topological polar surface area (TPSA) is 88.3 Å². The number of hydrogen-bond acceptors (Lipinski definition) is 5. The Morgan fingerprint density at radius 1 is 1.39 bits per heavy atom. The zero-order valence-corrected chi connectivity index (χ0v) is 11.3. The first-order valence-corrected chi connectivity index (χ1v) is 5.66. The van der Waals surface area contributed by atoms with Crippen LogP contribution < -0.4 is 5.32 Å². The Morgan fingerprint density at radius 3 is 2.39 bits per heavy atom. The van der Waals surface area contributed by atoms with E-state index in [0.29, 0.717) is 11.4 Å². The minimum atomic E-state index is -0.992. The lowest BCUT2D eigenvalue weighted by Gasteiger charge is -2.38. The van der Waals surface area contributed by atoms with Crippen LogP contribution in [0.1, 0.15) is 33.3 Å². The summed E-state index contributed by atoms with van der Waals surface area (Å²) in [6, 6.07) is 1.38. The highest BCUT2D eigenvalue weighted by Gasteiger charge is 2.35. The summed E-state index contributed by atoms with van der Waals surface area (Å²) in [5, 5.41) is 23.9. The molecule has 1 aromatic heterocycles. The molecule has 1 aromatic rings. The molecule has 1 rings (SSSR count). The maximum Gasteiger partial charge on any atom is 0.277 e. The van der Waals surface area contributed by atoms with Crippen LogP contribution in [0.15, 0.2) is 12.3 Å². The highest BCUT2D eigenvalue weighted by atomic mass is 16.6. The van der Waals surface area contributed by atoms with Crippen LogP contribution in [0.5, 0.6) is 0 Å². The van der Waals surface area contributed by atoms with E-state index >= 15 is 0 Å². The van der Waals surface area contributed by atoms with E-state index < -0.39 is 16.1 Å². The van der Waals surface area contributed by atoms with E-state index in [1.54, 1.807) is 34.6 Å². The fraction of sp³-hybridized carbons (Fsp3) is 0.583. The maximum absolute atomic E-state index is 10.8. The Balaban J connectivity index is 3.07. The molecule has 0 amide bonds. The number of aliphatic hydroxyl groups is 1. The van der Waals surface area contributed by atoms with Crippen LogP contribution in [-0.4, -0.2) is 26.2 Å². The molecule has 0 unspecified atom stereocenters. The number of aryl methyl sites for hydroxylation is 1. The van der Waals surface area contributed by atoms with Gasteiger partial charge >= 0.3 is 0 Å². The van der Waals surface area contributed by atoms with Crippen LogP contribution >= 0.6 is 0 Å². The molecule has 1 heterocycles. The first kappa shape index (κ1) is 14.4. The monoisotopic (exact) mass is 253 g/mol. The normalized spacial score (nSPS) is 12.3. The third-order valence-corrected chi connectivity index (χ3v) is 3.24. The summed E-state index contributed by atoms with van der Waals surface area (Å²) >= 11 is 0. The molecule has 0 aliphatic heterocycles. The first-order chi connectivity index (χ1) is 8.04. The van der Waals surface area contributed by atoms with Gasteiger partial charge < -0.3 is 10.4 Å². The zero-order valence-electron chi connectivity index (χ0n) is 11.3. The van der Waals surface area contributed by atoms with E-state index in [0.717, 1.165) is 0 Å². The maximum atomic E-state index is 10.8. The van der Waals surface area contributed by atoms with E-state index in [1.165, 1.54) is 12.3 Å². The molecule has 0 aliphatic carbocycles. The predicted molar refractivity (Wildman–Crippen MR) is 69.6 cm³/mol. The van der Waals surface area contributed by atoms with Crippen molar-refractivity contribution in [3.63, 3.8) is 0 Å². The minimum absolute atomic E-state index is 0.0130. The average molecular weight is 253 g/mol. The van der Waals surface area contributed by atoms with E-state index in [-0.39, 0.29) is 5.69 Å². The van der Waals surface area contributed by atoms with E-state index in [1.807, 2.05) is 0 Å². The van der Waals surface area contributed by atoms with Crippen molar-refractivity contribution in [3.8, 4) is 0 Å². The van der Waals surface area contributed by atoms with Crippen molar-refractivity contribution >= 4 is 11.5 Å². The van der Waals surface area contributed by atoms with Crippen molar-refractivity contribution < 1.29 is 10.0 Å². The van der Waals surface area contributed by atoms with Gasteiger partial charge in [0, 0.05) is 11.8 Å². The molecule has 0 radical (unpaired) electrons. The van der Waals surface area contributed by atoms with Crippen molar-refractivity contribution in [1.82, 2.24) is 4.98 Å². The van der Waals surface area contributed by atoms with Gasteiger partial charge in [-0.1, -0.05) is 0 Å². The number of rotatable bonds is 4. The van der Waals surface area contributed by atoms with Gasteiger partial charge in [0.15, 0.2) is 0 Å². The number of hydrogen-bond donors (Lipinski definition) is 2. The summed E-state index contributed by atoms with van der Waals surface area (Å²) in [4.78, 5) is 14.5. The summed E-state index contributed by atoms with van der Waals surface area (Å²) in [7, 11) is 0. The van der Waals surface area contributed by atoms with Gasteiger partial charge in [0.1, 0.15) is 5.82 Å². The number of nitrogens with one attached hydrogen (secondary N) is 1. The second-order valence-corrected chi connectivity index (χ2v) is 5.42. The van der Waals surface area contributed by atoms with Gasteiger partial charge in [-0.15, -0.1) is 0 Å². The Hall–Kier alpha value is -1.69. The number of nitrogens with zero attached hydrogens (tertiary/aromatic N) is 2. The first-order valence-electron chi connectivity index (χ1n) is 5.66. The quantitative estimate of drug-likeness (QED) is 0.634. The third-order valence-electron chi connectivity index (χ3n) is 3.24. The van der Waals surface area contributed by atoms with Gasteiger partial charge in [0.2, 0.25) is 0 Å². The summed E-state index contributed by atoms with van der Waals surface area (Å²) in [6.45, 7) is 8.59. The fourth-order valence-corrected chi connectivity index (χ4v) is 1.25. The molecule has 0 aliphatic rings. The van der Waals surface area contributed by atoms with Gasteiger partial charge in [-0.2, -0.15) is 0 Å². The van der Waals surface area contributed by atoms with Gasteiger partial charge in [-0.3, -0.25) is 10.1 Å². The lowest BCUT2D eigenvalue weighted by molar-refractivity contribution is -0.385. The van der Waals surface area contributed by atoms with Crippen LogP contribution in [0.4, 0.5) is 11.5 Å². The largest absolute Gasteiger partial charge is 0.388 e. The van der Waals surface area contributed by atoms with Crippen LogP contribution in [0.25, 0.3) is 0 Å². The van der Waals surface area contributed by atoms with Crippen molar-refractivity contribution in [1.29, 1.82) is 0 Å². The van der Waals surface area contributed by atoms with E-state index in [2.05, 4.69) is 10.3 Å². The zero-order chi connectivity index (χ0) is 14.1. The standard InChI is InChI=1S/C12H19N3O3/c1-8-7-13-10(6-9(8)15(17)18)14-11(2,3)12(4,5)16/h6-7,16H,1-5H3,(H,13,14). The number of aromatic nitrogens is 1. The summed E-state index contributed by atoms with van der Waals surface area (Å²) < 4.78 is 0. The molecule has 0 spiro atoms. The van der Waals surface area contributed by atoms with Crippen LogP contribution in [-0.2, 0) is 0 Å². The molecule has 6 nitrogen and oxygen atoms in total. The Morgan fingerprint density at radius 2 is 1.94 bits per heavy atom. The lowest BCUT2D eigenvalue weighted by atomic mass is 9.86. The van der Waals surface area contributed by atoms with Gasteiger partial charge in [-0.05, 0) is 34.6 Å².